The topological polar surface area (TPSA) is 61.9 Å². The first kappa shape index (κ1) is 19.8. The lowest BCUT2D eigenvalue weighted by atomic mass is 10.2. The standard InChI is InChI=1S/C20H27N3O3S/c1-22(2)19-7-3-17(4-8-19)15-21-16-18-5-9-20(10-6-18)27(24,25)23-11-13-26-14-12-23/h3-10,21H,11-16H2,1-2H3. The van der Waals surface area contributed by atoms with Gasteiger partial charge >= 0.3 is 0 Å². The first-order valence-corrected chi connectivity index (χ1v) is 10.5. The van der Waals surface area contributed by atoms with E-state index in [-0.39, 0.29) is 0 Å². The molecule has 0 spiro atoms. The summed E-state index contributed by atoms with van der Waals surface area (Å²) in [6.07, 6.45) is 0. The molecular weight excluding hydrogens is 362 g/mol. The highest BCUT2D eigenvalue weighted by atomic mass is 32.2. The normalized spacial score (nSPS) is 15.6. The van der Waals surface area contributed by atoms with E-state index in [1.165, 1.54) is 15.6 Å². The third kappa shape index (κ3) is 5.07. The SMILES string of the molecule is CN(C)c1ccc(CNCc2ccc(S(=O)(=O)N3CCOCC3)cc2)cc1. The summed E-state index contributed by atoms with van der Waals surface area (Å²) in [4.78, 5) is 2.41. The van der Waals surface area contributed by atoms with E-state index in [0.29, 0.717) is 37.7 Å². The van der Waals surface area contributed by atoms with Gasteiger partial charge in [-0.3, -0.25) is 0 Å². The molecule has 0 bridgehead atoms. The summed E-state index contributed by atoms with van der Waals surface area (Å²) < 4.78 is 32.0. The van der Waals surface area contributed by atoms with Gasteiger partial charge in [0.2, 0.25) is 10.0 Å². The average Bonchev–Trinajstić information content (AvgIpc) is 2.69. The van der Waals surface area contributed by atoms with E-state index >= 15 is 0 Å². The molecule has 2 aromatic carbocycles. The predicted octanol–water partition coefficient (Wildman–Crippen LogP) is 2.06. The predicted molar refractivity (Wildman–Crippen MR) is 107 cm³/mol. The number of rotatable bonds is 7. The van der Waals surface area contributed by atoms with Crippen LogP contribution in [0.25, 0.3) is 0 Å². The van der Waals surface area contributed by atoms with Gasteiger partial charge in [-0.1, -0.05) is 24.3 Å². The van der Waals surface area contributed by atoms with Crippen molar-refractivity contribution in [3.63, 3.8) is 0 Å². The zero-order valence-corrected chi connectivity index (χ0v) is 16.7. The molecule has 1 heterocycles. The zero-order chi connectivity index (χ0) is 19.3. The molecule has 0 amide bonds. The van der Waals surface area contributed by atoms with Crippen molar-refractivity contribution < 1.29 is 13.2 Å². The van der Waals surface area contributed by atoms with Crippen LogP contribution in [0.3, 0.4) is 0 Å². The van der Waals surface area contributed by atoms with Gasteiger partial charge in [0.15, 0.2) is 0 Å². The average molecular weight is 390 g/mol. The molecule has 27 heavy (non-hydrogen) atoms. The molecule has 0 aromatic heterocycles. The number of nitrogens with one attached hydrogen (secondary N) is 1. The molecule has 0 saturated carbocycles. The van der Waals surface area contributed by atoms with Crippen LogP contribution in [0.2, 0.25) is 0 Å². The minimum atomic E-state index is -3.42. The van der Waals surface area contributed by atoms with Crippen LogP contribution in [0, 0.1) is 0 Å². The van der Waals surface area contributed by atoms with E-state index in [2.05, 4.69) is 34.5 Å². The number of anilines is 1. The Morgan fingerprint density at radius 2 is 1.44 bits per heavy atom. The Labute approximate surface area is 161 Å². The van der Waals surface area contributed by atoms with E-state index < -0.39 is 10.0 Å². The summed E-state index contributed by atoms with van der Waals surface area (Å²) in [7, 11) is 0.623. The quantitative estimate of drug-likeness (QED) is 0.785. The Morgan fingerprint density at radius 3 is 1.96 bits per heavy atom. The summed E-state index contributed by atoms with van der Waals surface area (Å²) in [5, 5.41) is 3.40. The Hall–Kier alpha value is -1.93. The largest absolute Gasteiger partial charge is 0.379 e. The number of nitrogens with zero attached hydrogens (tertiary/aromatic N) is 2. The minimum absolute atomic E-state index is 0.340. The molecular formula is C20H27N3O3S. The third-order valence-corrected chi connectivity index (χ3v) is 6.56. The Balaban J connectivity index is 1.54. The highest BCUT2D eigenvalue weighted by molar-refractivity contribution is 7.89. The first-order valence-electron chi connectivity index (χ1n) is 9.10. The van der Waals surface area contributed by atoms with Crippen LogP contribution in [-0.2, 0) is 27.8 Å². The van der Waals surface area contributed by atoms with Crippen LogP contribution in [-0.4, -0.2) is 53.1 Å². The van der Waals surface area contributed by atoms with Gasteiger partial charge in [-0.15, -0.1) is 0 Å². The van der Waals surface area contributed by atoms with E-state index in [1.807, 2.05) is 26.2 Å². The van der Waals surface area contributed by atoms with Crippen molar-refractivity contribution in [2.45, 2.75) is 18.0 Å². The first-order chi connectivity index (χ1) is 13.0. The van der Waals surface area contributed by atoms with Gasteiger partial charge in [0.05, 0.1) is 18.1 Å². The number of benzene rings is 2. The molecule has 2 aromatic rings. The van der Waals surface area contributed by atoms with E-state index in [1.54, 1.807) is 12.1 Å². The van der Waals surface area contributed by atoms with Gasteiger partial charge in [0, 0.05) is 46.0 Å². The molecule has 1 aliphatic rings. The van der Waals surface area contributed by atoms with Crippen molar-refractivity contribution in [3.8, 4) is 0 Å². The Kier molecular flexibility index (Phi) is 6.49. The molecule has 146 valence electrons. The second-order valence-corrected chi connectivity index (χ2v) is 8.76. The lowest BCUT2D eigenvalue weighted by Crippen LogP contribution is -2.40. The van der Waals surface area contributed by atoms with Crippen molar-refractivity contribution in [3.05, 3.63) is 59.7 Å². The van der Waals surface area contributed by atoms with Gasteiger partial charge in [0.1, 0.15) is 0 Å². The number of sulfonamides is 1. The molecule has 7 heteroatoms. The van der Waals surface area contributed by atoms with Crippen LogP contribution in [0.5, 0.6) is 0 Å². The van der Waals surface area contributed by atoms with Crippen LogP contribution < -0.4 is 10.2 Å². The van der Waals surface area contributed by atoms with E-state index in [0.717, 1.165) is 12.1 Å². The maximum Gasteiger partial charge on any atom is 0.243 e. The van der Waals surface area contributed by atoms with Crippen molar-refractivity contribution in [1.29, 1.82) is 0 Å². The van der Waals surface area contributed by atoms with Crippen molar-refractivity contribution in [2.24, 2.45) is 0 Å². The summed E-state index contributed by atoms with van der Waals surface area (Å²) in [6.45, 7) is 3.19. The lowest BCUT2D eigenvalue weighted by Gasteiger charge is -2.26. The molecule has 0 unspecified atom stereocenters. The molecule has 1 N–H and O–H groups in total. The van der Waals surface area contributed by atoms with Crippen LogP contribution in [0.4, 0.5) is 5.69 Å². The maximum atomic E-state index is 12.6. The molecule has 0 aliphatic carbocycles. The van der Waals surface area contributed by atoms with Crippen molar-refractivity contribution >= 4 is 15.7 Å². The number of ether oxygens (including phenoxy) is 1. The fraction of sp³-hybridized carbons (Fsp3) is 0.400. The molecule has 1 fully saturated rings. The number of morpholine rings is 1. The number of hydrogen-bond acceptors (Lipinski definition) is 5. The number of hydrogen-bond donors (Lipinski definition) is 1. The summed E-state index contributed by atoms with van der Waals surface area (Å²) in [5.41, 5.74) is 3.45. The van der Waals surface area contributed by atoms with Crippen LogP contribution >= 0.6 is 0 Å². The van der Waals surface area contributed by atoms with Gasteiger partial charge < -0.3 is 15.0 Å². The van der Waals surface area contributed by atoms with Gasteiger partial charge in [-0.05, 0) is 35.4 Å². The second kappa shape index (κ2) is 8.84. The summed E-state index contributed by atoms with van der Waals surface area (Å²) in [5.74, 6) is 0. The van der Waals surface area contributed by atoms with Gasteiger partial charge in [-0.25, -0.2) is 8.42 Å². The third-order valence-electron chi connectivity index (χ3n) is 4.64. The van der Waals surface area contributed by atoms with Crippen molar-refractivity contribution in [2.75, 3.05) is 45.3 Å². The molecule has 1 saturated heterocycles. The molecule has 6 nitrogen and oxygen atoms in total. The molecule has 1 aliphatic heterocycles. The Morgan fingerprint density at radius 1 is 0.926 bits per heavy atom. The molecule has 3 rings (SSSR count). The van der Waals surface area contributed by atoms with Gasteiger partial charge in [0.25, 0.3) is 0 Å². The fourth-order valence-corrected chi connectivity index (χ4v) is 4.39. The Bertz CT molecular complexity index is 828. The molecule has 0 radical (unpaired) electrons. The fourth-order valence-electron chi connectivity index (χ4n) is 2.98. The van der Waals surface area contributed by atoms with Crippen molar-refractivity contribution in [1.82, 2.24) is 9.62 Å². The highest BCUT2D eigenvalue weighted by Crippen LogP contribution is 2.18. The van der Waals surface area contributed by atoms with Crippen LogP contribution in [0.15, 0.2) is 53.4 Å². The highest BCUT2D eigenvalue weighted by Gasteiger charge is 2.25. The van der Waals surface area contributed by atoms with E-state index in [9.17, 15) is 8.42 Å². The minimum Gasteiger partial charge on any atom is -0.379 e. The summed E-state index contributed by atoms with van der Waals surface area (Å²) >= 11 is 0. The van der Waals surface area contributed by atoms with E-state index in [4.69, 9.17) is 4.74 Å². The van der Waals surface area contributed by atoms with Gasteiger partial charge in [-0.2, -0.15) is 4.31 Å². The molecule has 0 atom stereocenters. The summed E-state index contributed by atoms with van der Waals surface area (Å²) in [6, 6.07) is 15.5. The smallest absolute Gasteiger partial charge is 0.243 e. The monoisotopic (exact) mass is 389 g/mol. The zero-order valence-electron chi connectivity index (χ0n) is 15.9. The maximum absolute atomic E-state index is 12.6. The lowest BCUT2D eigenvalue weighted by molar-refractivity contribution is 0.0730. The van der Waals surface area contributed by atoms with Crippen LogP contribution in [0.1, 0.15) is 11.1 Å². The second-order valence-electron chi connectivity index (χ2n) is 6.82.